The molecule has 1 aromatic heterocycles. The largest absolute Gasteiger partial charge is 0.397 e. The molecule has 0 saturated carbocycles. The lowest BCUT2D eigenvalue weighted by Crippen LogP contribution is -2.28. The van der Waals surface area contributed by atoms with Crippen molar-refractivity contribution in [1.29, 1.82) is 0 Å². The Balaban J connectivity index is 2.74. The highest BCUT2D eigenvalue weighted by Gasteiger charge is 2.15. The van der Waals surface area contributed by atoms with E-state index in [9.17, 15) is 4.79 Å². The number of pyridine rings is 1. The van der Waals surface area contributed by atoms with Gasteiger partial charge in [0, 0.05) is 13.6 Å². The van der Waals surface area contributed by atoms with Crippen LogP contribution in [0.5, 0.6) is 0 Å². The van der Waals surface area contributed by atoms with Gasteiger partial charge >= 0.3 is 0 Å². The molecule has 0 aliphatic heterocycles. The summed E-state index contributed by atoms with van der Waals surface area (Å²) >= 11 is 5.87. The fraction of sp³-hybridized carbons (Fsp3) is 0.333. The Morgan fingerprint density at radius 3 is 3.06 bits per heavy atom. The first kappa shape index (κ1) is 13.5. The van der Waals surface area contributed by atoms with Gasteiger partial charge in [-0.3, -0.25) is 4.79 Å². The average Bonchev–Trinajstić information content (AvgIpc) is 2.31. The normalized spacial score (nSPS) is 10.0. The first-order chi connectivity index (χ1) is 8.06. The van der Waals surface area contributed by atoms with E-state index in [1.807, 2.05) is 6.08 Å². The van der Waals surface area contributed by atoms with Crippen LogP contribution in [0.4, 0.5) is 5.69 Å². The predicted octanol–water partition coefficient (Wildman–Crippen LogP) is 2.36. The van der Waals surface area contributed by atoms with Gasteiger partial charge in [0.15, 0.2) is 0 Å². The summed E-state index contributed by atoms with van der Waals surface area (Å²) in [7, 11) is 1.73. The van der Waals surface area contributed by atoms with E-state index in [-0.39, 0.29) is 11.1 Å². The van der Waals surface area contributed by atoms with Gasteiger partial charge < -0.3 is 10.6 Å². The van der Waals surface area contributed by atoms with Crippen LogP contribution in [0.25, 0.3) is 0 Å². The number of carbonyl (C=O) groups excluding carboxylic acids is 1. The van der Waals surface area contributed by atoms with Crippen molar-refractivity contribution < 1.29 is 4.79 Å². The fourth-order valence-electron chi connectivity index (χ4n) is 1.39. The van der Waals surface area contributed by atoms with Crippen LogP contribution in [0.2, 0.25) is 5.15 Å². The first-order valence-corrected chi connectivity index (χ1v) is 5.71. The van der Waals surface area contributed by atoms with Crippen LogP contribution in [-0.4, -0.2) is 29.4 Å². The van der Waals surface area contributed by atoms with E-state index in [1.165, 1.54) is 6.20 Å². The van der Waals surface area contributed by atoms with E-state index < -0.39 is 0 Å². The SMILES string of the molecule is C=CCCCN(C)C(=O)c1cc(N)cnc1Cl. The molecular formula is C12H16ClN3O. The van der Waals surface area contributed by atoms with E-state index in [2.05, 4.69) is 11.6 Å². The molecule has 4 nitrogen and oxygen atoms in total. The zero-order valence-corrected chi connectivity index (χ0v) is 10.6. The molecule has 0 radical (unpaired) electrons. The Kier molecular flexibility index (Phi) is 4.97. The summed E-state index contributed by atoms with van der Waals surface area (Å²) in [5.74, 6) is -0.168. The Bertz CT molecular complexity index is 420. The zero-order chi connectivity index (χ0) is 12.8. The molecule has 1 rings (SSSR count). The number of nitrogen functional groups attached to an aromatic ring is 1. The molecular weight excluding hydrogens is 238 g/mol. The summed E-state index contributed by atoms with van der Waals surface area (Å²) in [6.07, 6.45) is 5.00. The van der Waals surface area contributed by atoms with Gasteiger partial charge in [-0.05, 0) is 18.9 Å². The van der Waals surface area contributed by atoms with Crippen LogP contribution in [0.1, 0.15) is 23.2 Å². The summed E-state index contributed by atoms with van der Waals surface area (Å²) in [5, 5.41) is 0.180. The molecule has 92 valence electrons. The molecule has 1 aromatic rings. The number of allylic oxidation sites excluding steroid dienone is 1. The smallest absolute Gasteiger partial charge is 0.256 e. The van der Waals surface area contributed by atoms with Crippen molar-refractivity contribution in [1.82, 2.24) is 9.88 Å². The highest BCUT2D eigenvalue weighted by atomic mass is 35.5. The minimum Gasteiger partial charge on any atom is -0.397 e. The standard InChI is InChI=1S/C12H16ClN3O/c1-3-4-5-6-16(2)12(17)10-7-9(14)8-15-11(10)13/h3,7-8H,1,4-6,14H2,2H3. The number of hydrogen-bond donors (Lipinski definition) is 1. The van der Waals surface area contributed by atoms with E-state index in [0.29, 0.717) is 17.8 Å². The van der Waals surface area contributed by atoms with Crippen LogP contribution >= 0.6 is 11.6 Å². The molecule has 1 amide bonds. The van der Waals surface area contributed by atoms with Crippen molar-refractivity contribution in [2.45, 2.75) is 12.8 Å². The van der Waals surface area contributed by atoms with Gasteiger partial charge in [0.25, 0.3) is 5.91 Å². The maximum atomic E-state index is 12.0. The lowest BCUT2D eigenvalue weighted by Gasteiger charge is -2.17. The molecule has 0 spiro atoms. The van der Waals surface area contributed by atoms with Crippen molar-refractivity contribution >= 4 is 23.2 Å². The number of nitrogens with two attached hydrogens (primary N) is 1. The summed E-state index contributed by atoms with van der Waals surface area (Å²) in [6, 6.07) is 1.54. The third kappa shape index (κ3) is 3.75. The Morgan fingerprint density at radius 2 is 2.41 bits per heavy atom. The van der Waals surface area contributed by atoms with Crippen LogP contribution in [0, 0.1) is 0 Å². The van der Waals surface area contributed by atoms with Crippen molar-refractivity contribution in [2.24, 2.45) is 0 Å². The van der Waals surface area contributed by atoms with Gasteiger partial charge in [-0.1, -0.05) is 17.7 Å². The maximum Gasteiger partial charge on any atom is 0.256 e. The number of unbranched alkanes of at least 4 members (excludes halogenated alkanes) is 1. The number of anilines is 1. The Morgan fingerprint density at radius 1 is 1.71 bits per heavy atom. The second-order valence-electron chi connectivity index (χ2n) is 3.76. The van der Waals surface area contributed by atoms with E-state index in [0.717, 1.165) is 12.8 Å². The number of halogens is 1. The van der Waals surface area contributed by atoms with Crippen LogP contribution in [0.15, 0.2) is 24.9 Å². The summed E-state index contributed by atoms with van der Waals surface area (Å²) in [4.78, 5) is 17.5. The monoisotopic (exact) mass is 253 g/mol. The van der Waals surface area contributed by atoms with Gasteiger partial charge in [0.05, 0.1) is 17.4 Å². The maximum absolute atomic E-state index is 12.0. The number of amides is 1. The fourth-order valence-corrected chi connectivity index (χ4v) is 1.58. The number of hydrogen-bond acceptors (Lipinski definition) is 3. The Labute approximate surface area is 106 Å². The summed E-state index contributed by atoms with van der Waals surface area (Å²) in [6.45, 7) is 4.28. The average molecular weight is 254 g/mol. The second-order valence-corrected chi connectivity index (χ2v) is 4.12. The van der Waals surface area contributed by atoms with Crippen LogP contribution < -0.4 is 5.73 Å². The summed E-state index contributed by atoms with van der Waals surface area (Å²) in [5.41, 5.74) is 6.35. The number of rotatable bonds is 5. The van der Waals surface area contributed by atoms with Crippen molar-refractivity contribution in [3.8, 4) is 0 Å². The van der Waals surface area contributed by atoms with Gasteiger partial charge in [-0.15, -0.1) is 6.58 Å². The van der Waals surface area contributed by atoms with E-state index in [1.54, 1.807) is 18.0 Å². The van der Waals surface area contributed by atoms with E-state index >= 15 is 0 Å². The second kappa shape index (κ2) is 6.25. The Hall–Kier alpha value is -1.55. The predicted molar refractivity (Wildman–Crippen MR) is 70.1 cm³/mol. The van der Waals surface area contributed by atoms with E-state index in [4.69, 9.17) is 17.3 Å². The zero-order valence-electron chi connectivity index (χ0n) is 9.82. The number of carbonyl (C=O) groups is 1. The highest BCUT2D eigenvalue weighted by Crippen LogP contribution is 2.17. The molecule has 0 atom stereocenters. The number of nitrogens with zero attached hydrogens (tertiary/aromatic N) is 2. The number of aromatic nitrogens is 1. The molecule has 0 aliphatic rings. The topological polar surface area (TPSA) is 59.2 Å². The minimum absolute atomic E-state index is 0.168. The third-order valence-corrected chi connectivity index (χ3v) is 2.64. The first-order valence-electron chi connectivity index (χ1n) is 5.33. The molecule has 2 N–H and O–H groups in total. The van der Waals surface area contributed by atoms with Gasteiger partial charge in [0.1, 0.15) is 5.15 Å². The molecule has 0 aromatic carbocycles. The highest BCUT2D eigenvalue weighted by molar-refractivity contribution is 6.32. The van der Waals surface area contributed by atoms with Crippen LogP contribution in [0.3, 0.4) is 0 Å². The van der Waals surface area contributed by atoms with Gasteiger partial charge in [0.2, 0.25) is 0 Å². The molecule has 0 unspecified atom stereocenters. The molecule has 0 saturated heterocycles. The lowest BCUT2D eigenvalue weighted by atomic mass is 10.2. The van der Waals surface area contributed by atoms with Crippen molar-refractivity contribution in [3.05, 3.63) is 35.6 Å². The third-order valence-electron chi connectivity index (χ3n) is 2.34. The van der Waals surface area contributed by atoms with Crippen molar-refractivity contribution in [3.63, 3.8) is 0 Å². The summed E-state index contributed by atoms with van der Waals surface area (Å²) < 4.78 is 0. The van der Waals surface area contributed by atoms with Gasteiger partial charge in [-0.2, -0.15) is 0 Å². The molecule has 5 heteroatoms. The van der Waals surface area contributed by atoms with Crippen LogP contribution in [-0.2, 0) is 0 Å². The molecule has 1 heterocycles. The molecule has 0 aliphatic carbocycles. The minimum atomic E-state index is -0.168. The molecule has 0 bridgehead atoms. The lowest BCUT2D eigenvalue weighted by molar-refractivity contribution is 0.0793. The quantitative estimate of drug-likeness (QED) is 0.498. The molecule has 17 heavy (non-hydrogen) atoms. The molecule has 0 fully saturated rings. The van der Waals surface area contributed by atoms with Crippen molar-refractivity contribution in [2.75, 3.05) is 19.3 Å². The van der Waals surface area contributed by atoms with Gasteiger partial charge in [-0.25, -0.2) is 4.98 Å².